The van der Waals surface area contributed by atoms with Crippen molar-refractivity contribution in [1.29, 1.82) is 0 Å². The summed E-state index contributed by atoms with van der Waals surface area (Å²) in [6.45, 7) is 4.46. The van der Waals surface area contributed by atoms with Gasteiger partial charge in [-0.3, -0.25) is 19.6 Å². The summed E-state index contributed by atoms with van der Waals surface area (Å²) in [6.07, 6.45) is 7.29. The van der Waals surface area contributed by atoms with Crippen molar-refractivity contribution in [2.75, 3.05) is 40.5 Å². The third kappa shape index (κ3) is 8.49. The average molecular weight is 999 g/mol. The minimum absolute atomic E-state index is 0.0877. The highest BCUT2D eigenvalue weighted by Crippen LogP contribution is 2.42. The predicted octanol–water partition coefficient (Wildman–Crippen LogP) is 10.8. The smallest absolute Gasteiger partial charge is 0.254 e. The van der Waals surface area contributed by atoms with Gasteiger partial charge in [0.25, 0.3) is 11.8 Å². The van der Waals surface area contributed by atoms with Crippen LogP contribution in [0.15, 0.2) is 118 Å². The average Bonchev–Trinajstić information content (AvgIpc) is 4.02. The standard InChI is InChI=1S/C26H24BrN3O2.C14H10BrN3O.C12H16O2/c1-29-15-18-11-21-22(13-20(18)26(29)31)30(23-12-19(27)14-28-24(21)23)25(16-5-3-2-4-6-16)17-7-9-32-10-8-17;1-18-6-7-2-10-11(4-9(7)14(18)19)17-12-3-8(15)5-16-13(10)12;13-12(10-4-2-1-3-5-10)11-6-8-14-9-7-11/h2-6,11-14,17,25H,7-10,15H2,1H3;2-5,17H,6H2,1H3;1-5,11-13H,6-9H2/t25-;;12-/m1.0/s1. The molecule has 65 heavy (non-hydrogen) atoms. The second-order valence-corrected chi connectivity index (χ2v) is 19.4. The molecular formula is C52H50Br2N6O5. The first-order valence-electron chi connectivity index (χ1n) is 22.3. The van der Waals surface area contributed by atoms with Crippen LogP contribution in [0.4, 0.5) is 0 Å². The van der Waals surface area contributed by atoms with E-state index in [-0.39, 0.29) is 24.0 Å². The second kappa shape index (κ2) is 18.4. The van der Waals surface area contributed by atoms with Crippen molar-refractivity contribution < 1.29 is 24.2 Å². The molecule has 2 atom stereocenters. The van der Waals surface area contributed by atoms with E-state index in [1.807, 2.05) is 62.8 Å². The molecule has 8 aromatic rings. The van der Waals surface area contributed by atoms with Crippen molar-refractivity contribution in [2.24, 2.45) is 11.8 Å². The minimum Gasteiger partial charge on any atom is -0.388 e. The molecule has 4 aliphatic heterocycles. The molecule has 13 heteroatoms. The quantitative estimate of drug-likeness (QED) is 0.176. The number of halogens is 2. The monoisotopic (exact) mass is 996 g/mol. The van der Waals surface area contributed by atoms with Crippen LogP contribution in [-0.2, 0) is 22.6 Å². The number of benzene rings is 4. The second-order valence-electron chi connectivity index (χ2n) is 17.6. The van der Waals surface area contributed by atoms with E-state index in [1.54, 1.807) is 16.0 Å². The van der Waals surface area contributed by atoms with Gasteiger partial charge in [0.05, 0.1) is 39.7 Å². The molecule has 332 valence electrons. The number of aliphatic hydroxyl groups is 1. The number of rotatable bonds is 5. The van der Waals surface area contributed by atoms with Crippen LogP contribution >= 0.6 is 31.9 Å². The highest BCUT2D eigenvalue weighted by Gasteiger charge is 2.33. The number of pyridine rings is 2. The number of amides is 2. The van der Waals surface area contributed by atoms with E-state index in [0.29, 0.717) is 24.9 Å². The van der Waals surface area contributed by atoms with Crippen LogP contribution in [-0.4, -0.2) is 86.8 Å². The Kier molecular flexibility index (Phi) is 12.3. The van der Waals surface area contributed by atoms with Crippen LogP contribution in [0, 0.1) is 11.8 Å². The largest absolute Gasteiger partial charge is 0.388 e. The van der Waals surface area contributed by atoms with Gasteiger partial charge in [0.15, 0.2) is 0 Å². The third-order valence-corrected chi connectivity index (χ3v) is 14.3. The Bertz CT molecular complexity index is 3050. The zero-order valence-corrected chi connectivity index (χ0v) is 39.5. The van der Waals surface area contributed by atoms with Gasteiger partial charge in [-0.25, -0.2) is 0 Å². The van der Waals surface area contributed by atoms with E-state index < -0.39 is 0 Å². The number of ether oxygens (including phenoxy) is 2. The number of nitrogens with zero attached hydrogens (tertiary/aromatic N) is 5. The molecule has 4 aliphatic rings. The van der Waals surface area contributed by atoms with Gasteiger partial charge in [0, 0.05) is 102 Å². The number of carbonyl (C=O) groups excluding carboxylic acids is 2. The fraction of sp³-hybridized carbons (Fsp3) is 0.308. The lowest BCUT2D eigenvalue weighted by atomic mass is 9.86. The number of nitrogens with one attached hydrogen (secondary N) is 1. The third-order valence-electron chi connectivity index (χ3n) is 13.4. The molecule has 0 spiro atoms. The summed E-state index contributed by atoms with van der Waals surface area (Å²) >= 11 is 7.06. The van der Waals surface area contributed by atoms with E-state index in [0.717, 1.165) is 133 Å². The summed E-state index contributed by atoms with van der Waals surface area (Å²) in [7, 11) is 3.69. The number of aromatic amines is 1. The molecule has 0 unspecified atom stereocenters. The molecule has 2 amide bonds. The van der Waals surface area contributed by atoms with Gasteiger partial charge in [-0.2, -0.15) is 0 Å². The number of H-pyrrole nitrogens is 1. The molecule has 2 saturated heterocycles. The summed E-state index contributed by atoms with van der Waals surface area (Å²) in [4.78, 5) is 41.0. The van der Waals surface area contributed by atoms with Crippen molar-refractivity contribution in [1.82, 2.24) is 29.3 Å². The van der Waals surface area contributed by atoms with Crippen molar-refractivity contribution in [3.8, 4) is 0 Å². The number of aliphatic hydroxyl groups excluding tert-OH is 1. The van der Waals surface area contributed by atoms with Gasteiger partial charge in [-0.05, 0) is 128 Å². The predicted molar refractivity (Wildman–Crippen MR) is 261 cm³/mol. The van der Waals surface area contributed by atoms with Gasteiger partial charge in [-0.15, -0.1) is 0 Å². The van der Waals surface area contributed by atoms with Gasteiger partial charge < -0.3 is 33.9 Å². The summed E-state index contributed by atoms with van der Waals surface area (Å²) in [5.41, 5.74) is 12.1. The topological polar surface area (TPSA) is 126 Å². The maximum Gasteiger partial charge on any atom is 0.254 e. The zero-order valence-electron chi connectivity index (χ0n) is 36.3. The molecule has 4 aromatic carbocycles. The van der Waals surface area contributed by atoms with Crippen LogP contribution in [0.2, 0.25) is 0 Å². The summed E-state index contributed by atoms with van der Waals surface area (Å²) in [6, 6.07) is 33.2. The fourth-order valence-corrected chi connectivity index (χ4v) is 10.8. The van der Waals surface area contributed by atoms with Crippen LogP contribution in [0.3, 0.4) is 0 Å². The first-order valence-corrected chi connectivity index (χ1v) is 23.9. The van der Waals surface area contributed by atoms with Gasteiger partial charge in [-0.1, -0.05) is 60.7 Å². The molecule has 2 fully saturated rings. The molecule has 0 radical (unpaired) electrons. The molecule has 0 saturated carbocycles. The van der Waals surface area contributed by atoms with Crippen molar-refractivity contribution in [2.45, 2.75) is 50.9 Å². The van der Waals surface area contributed by atoms with E-state index >= 15 is 0 Å². The Morgan fingerprint density at radius 3 is 1.80 bits per heavy atom. The zero-order chi connectivity index (χ0) is 44.8. The molecule has 0 bridgehead atoms. The highest BCUT2D eigenvalue weighted by atomic mass is 79.9. The van der Waals surface area contributed by atoms with Crippen LogP contribution < -0.4 is 0 Å². The molecule has 4 aromatic heterocycles. The van der Waals surface area contributed by atoms with E-state index in [9.17, 15) is 14.7 Å². The summed E-state index contributed by atoms with van der Waals surface area (Å²) in [5.74, 6) is 0.988. The van der Waals surface area contributed by atoms with E-state index in [4.69, 9.17) is 14.5 Å². The Labute approximate surface area is 394 Å². The maximum absolute atomic E-state index is 12.8. The molecular weight excluding hydrogens is 948 g/mol. The van der Waals surface area contributed by atoms with Gasteiger partial charge in [0.1, 0.15) is 0 Å². The number of hydrogen-bond donors (Lipinski definition) is 2. The lowest BCUT2D eigenvalue weighted by Crippen LogP contribution is -2.27. The summed E-state index contributed by atoms with van der Waals surface area (Å²) in [5, 5.41) is 12.3. The van der Waals surface area contributed by atoms with Crippen LogP contribution in [0.5, 0.6) is 0 Å². The lowest BCUT2D eigenvalue weighted by molar-refractivity contribution is 0.00719. The van der Waals surface area contributed by atoms with Crippen molar-refractivity contribution >= 4 is 87.5 Å². The summed E-state index contributed by atoms with van der Waals surface area (Å²) < 4.78 is 15.3. The molecule has 8 heterocycles. The number of hydrogen-bond acceptors (Lipinski definition) is 7. The normalized spacial score (nSPS) is 17.6. The lowest BCUT2D eigenvalue weighted by Gasteiger charge is -2.33. The Balaban J connectivity index is 0.000000127. The Morgan fingerprint density at radius 2 is 1.17 bits per heavy atom. The first kappa shape index (κ1) is 43.5. The van der Waals surface area contributed by atoms with E-state index in [2.05, 4.69) is 101 Å². The first-order chi connectivity index (χ1) is 31.6. The van der Waals surface area contributed by atoms with Crippen LogP contribution in [0.1, 0.15) is 80.8 Å². The highest BCUT2D eigenvalue weighted by molar-refractivity contribution is 9.10. The Morgan fingerprint density at radius 1 is 0.631 bits per heavy atom. The van der Waals surface area contributed by atoms with Gasteiger partial charge in [0.2, 0.25) is 0 Å². The number of fused-ring (bicyclic) bond motifs is 8. The molecule has 12 rings (SSSR count). The molecule has 0 aliphatic carbocycles. The van der Waals surface area contributed by atoms with Crippen molar-refractivity contribution in [3.63, 3.8) is 0 Å². The molecule has 2 N–H and O–H groups in total. The van der Waals surface area contributed by atoms with Gasteiger partial charge >= 0.3 is 0 Å². The maximum atomic E-state index is 12.8. The molecule has 11 nitrogen and oxygen atoms in total. The SMILES string of the molecule is CN1Cc2cc3c(cc2C1=O)[nH]c1cc(Br)cnc13.CN1Cc2cc3c4ncc(Br)cc4n([C@H](c4ccccc4)C4CCOCC4)c3cc2C1=O.O[C@@H](c1ccccc1)C1CCOCC1. The number of carbonyl (C=O) groups is 2. The number of aromatic nitrogens is 4. The van der Waals surface area contributed by atoms with E-state index in [1.165, 1.54) is 5.56 Å². The minimum atomic E-state index is -0.319. The Hall–Kier alpha value is -5.44. The van der Waals surface area contributed by atoms with Crippen LogP contribution in [0.25, 0.3) is 43.9 Å². The fourth-order valence-electron chi connectivity index (χ4n) is 10.1. The van der Waals surface area contributed by atoms with Crippen molar-refractivity contribution in [3.05, 3.63) is 152 Å².